The summed E-state index contributed by atoms with van der Waals surface area (Å²) in [5, 5.41) is 5.03. The highest BCUT2D eigenvalue weighted by atomic mass is 14.3. The lowest BCUT2D eigenvalue weighted by Gasteiger charge is -2.23. The van der Waals surface area contributed by atoms with Gasteiger partial charge in [-0.25, -0.2) is 0 Å². The molecule has 216 valence electrons. The first-order valence-corrected chi connectivity index (χ1v) is 15.8. The maximum absolute atomic E-state index is 2.31. The van der Waals surface area contributed by atoms with Crippen molar-refractivity contribution in [2.75, 3.05) is 0 Å². The van der Waals surface area contributed by atoms with Crippen LogP contribution in [0.25, 0.3) is 60.5 Å². The van der Waals surface area contributed by atoms with Crippen molar-refractivity contribution in [3.05, 3.63) is 187 Å². The van der Waals surface area contributed by atoms with Crippen LogP contribution >= 0.6 is 0 Å². The van der Waals surface area contributed by atoms with E-state index in [0.29, 0.717) is 0 Å². The molecule has 45 heavy (non-hydrogen) atoms. The fourth-order valence-corrected chi connectivity index (χ4v) is 6.80. The summed E-state index contributed by atoms with van der Waals surface area (Å²) >= 11 is 0. The highest BCUT2D eigenvalue weighted by Gasteiger charge is 2.23. The van der Waals surface area contributed by atoms with E-state index < -0.39 is 0 Å². The van der Waals surface area contributed by atoms with Gasteiger partial charge in [0.15, 0.2) is 0 Å². The monoisotopic (exact) mass is 576 g/mol. The Morgan fingerprint density at radius 1 is 0.400 bits per heavy atom. The van der Waals surface area contributed by atoms with Crippen LogP contribution in [-0.4, -0.2) is 0 Å². The molecule has 0 spiro atoms. The molecule has 6 aromatic rings. The van der Waals surface area contributed by atoms with Gasteiger partial charge >= 0.3 is 0 Å². The third kappa shape index (κ3) is 5.41. The summed E-state index contributed by atoms with van der Waals surface area (Å²) in [6.45, 7) is 4.52. The molecular weight excluding hydrogens is 540 g/mol. The second-order valence-corrected chi connectivity index (χ2v) is 11.7. The molecule has 0 radical (unpaired) electrons. The molecule has 7 rings (SSSR count). The number of benzene rings is 5. The number of hydrogen-bond acceptors (Lipinski definition) is 0. The summed E-state index contributed by atoms with van der Waals surface area (Å²) in [6, 6.07) is 50.7. The lowest BCUT2D eigenvalue weighted by atomic mass is 9.80. The molecule has 0 aliphatic heterocycles. The molecule has 0 heteroatoms. The number of hydrogen-bond donors (Lipinski definition) is 0. The first-order chi connectivity index (χ1) is 22.2. The maximum Gasteiger partial charge on any atom is -0.000510 e. The molecule has 0 unspecified atom stereocenters. The van der Waals surface area contributed by atoms with Crippen molar-refractivity contribution in [3.8, 4) is 33.4 Å². The van der Waals surface area contributed by atoms with Gasteiger partial charge in [-0.15, -0.1) is 0 Å². The van der Waals surface area contributed by atoms with Gasteiger partial charge in [-0.2, -0.15) is 0 Å². The van der Waals surface area contributed by atoms with E-state index in [1.54, 1.807) is 0 Å². The van der Waals surface area contributed by atoms with Gasteiger partial charge in [0.2, 0.25) is 0 Å². The van der Waals surface area contributed by atoms with Crippen LogP contribution in [0, 0.1) is 13.8 Å². The van der Waals surface area contributed by atoms with Crippen molar-refractivity contribution < 1.29 is 0 Å². The zero-order valence-corrected chi connectivity index (χ0v) is 25.9. The van der Waals surface area contributed by atoms with Gasteiger partial charge in [-0.1, -0.05) is 170 Å². The van der Waals surface area contributed by atoms with Gasteiger partial charge in [0.1, 0.15) is 0 Å². The molecule has 0 fully saturated rings. The molecule has 1 aliphatic rings. The molecule has 0 heterocycles. The van der Waals surface area contributed by atoms with E-state index in [9.17, 15) is 0 Å². The van der Waals surface area contributed by atoms with Gasteiger partial charge in [0, 0.05) is 0 Å². The fourth-order valence-electron chi connectivity index (χ4n) is 6.80. The number of aryl methyl sites for hydroxylation is 2. The second kappa shape index (κ2) is 12.6. The highest BCUT2D eigenvalue weighted by Crippen LogP contribution is 2.49. The van der Waals surface area contributed by atoms with Crippen LogP contribution in [0.15, 0.2) is 170 Å². The Bertz CT molecular complexity index is 2160. The van der Waals surface area contributed by atoms with Gasteiger partial charge in [-0.3, -0.25) is 0 Å². The normalized spacial score (nSPS) is 12.5. The summed E-state index contributed by atoms with van der Waals surface area (Å²) in [6.07, 6.45) is 12.2. The number of rotatable bonds is 4. The van der Waals surface area contributed by atoms with E-state index in [1.165, 1.54) is 77.2 Å². The minimum Gasteiger partial charge on any atom is -0.0807 e. The Morgan fingerprint density at radius 2 is 0.822 bits per heavy atom. The molecular formula is C45H36. The smallest absolute Gasteiger partial charge is 0.000510 e. The van der Waals surface area contributed by atoms with Crippen LogP contribution in [-0.2, 0) is 0 Å². The minimum atomic E-state index is 0.921. The molecule has 0 aromatic heterocycles. The predicted octanol–water partition coefficient (Wildman–Crippen LogP) is 12.6. The van der Waals surface area contributed by atoms with E-state index in [2.05, 4.69) is 184 Å². The van der Waals surface area contributed by atoms with Crippen LogP contribution in [0.4, 0.5) is 0 Å². The first kappa shape index (κ1) is 28.3. The van der Waals surface area contributed by atoms with E-state index in [1.807, 2.05) is 0 Å². The summed E-state index contributed by atoms with van der Waals surface area (Å²) < 4.78 is 0. The predicted molar refractivity (Wildman–Crippen MR) is 196 cm³/mol. The average molecular weight is 577 g/mol. The summed E-state index contributed by atoms with van der Waals surface area (Å²) in [5.41, 5.74) is 12.3. The fraction of sp³-hybridized carbons (Fsp3) is 0.0667. The lowest BCUT2D eigenvalue weighted by Crippen LogP contribution is -1.97. The number of fused-ring (bicyclic) bond motifs is 2. The Morgan fingerprint density at radius 3 is 1.36 bits per heavy atom. The van der Waals surface area contributed by atoms with Crippen molar-refractivity contribution >= 4 is 27.1 Å². The largest absolute Gasteiger partial charge is 0.0807 e. The Hall–Kier alpha value is -5.46. The van der Waals surface area contributed by atoms with E-state index in [-0.39, 0.29) is 0 Å². The minimum absolute atomic E-state index is 0.921. The molecule has 1 aliphatic carbocycles. The Balaban J connectivity index is 1.92. The standard InChI is InChI=1S/C45H36/c1-32-20-16-17-21-33(2)41(35-24-10-5-11-25-35)45-43(37-28-14-7-15-29-37)39-31-19-18-30-38(39)42(36-26-12-6-13-27-36)44(45)40(32)34-22-8-3-4-9-23-34/h3,5-31H,4H2,1-2H3. The zero-order chi connectivity index (χ0) is 30.6. The van der Waals surface area contributed by atoms with Crippen molar-refractivity contribution in [3.63, 3.8) is 0 Å². The number of allylic oxidation sites excluding steroid dienone is 6. The topological polar surface area (TPSA) is 0 Å². The van der Waals surface area contributed by atoms with Crippen molar-refractivity contribution in [2.24, 2.45) is 0 Å². The van der Waals surface area contributed by atoms with Gasteiger partial charge in [0.05, 0.1) is 0 Å². The Kier molecular flexibility index (Phi) is 7.96. The summed E-state index contributed by atoms with van der Waals surface area (Å²) in [4.78, 5) is 0. The third-order valence-electron chi connectivity index (χ3n) is 8.77. The SMILES string of the molecule is Cc1ccccc(C)c(-c2ccccc2)c2c(-c3ccccc3)c3ccccc3c(-c3ccccc3)c2c1C1=CC=CCC=C1. The van der Waals surface area contributed by atoms with Crippen LogP contribution in [0.1, 0.15) is 23.1 Å². The summed E-state index contributed by atoms with van der Waals surface area (Å²) in [7, 11) is 0. The van der Waals surface area contributed by atoms with E-state index >= 15 is 0 Å². The van der Waals surface area contributed by atoms with Gasteiger partial charge < -0.3 is 0 Å². The molecule has 0 bridgehead atoms. The van der Waals surface area contributed by atoms with Crippen LogP contribution in [0.3, 0.4) is 0 Å². The van der Waals surface area contributed by atoms with Crippen molar-refractivity contribution in [2.45, 2.75) is 20.3 Å². The molecule has 0 atom stereocenters. The van der Waals surface area contributed by atoms with Gasteiger partial charge in [-0.05, 0) is 97.5 Å². The van der Waals surface area contributed by atoms with Crippen LogP contribution in [0.2, 0.25) is 0 Å². The quantitative estimate of drug-likeness (QED) is 0.196. The second-order valence-electron chi connectivity index (χ2n) is 11.7. The molecule has 0 saturated heterocycles. The van der Waals surface area contributed by atoms with Gasteiger partial charge in [0.25, 0.3) is 0 Å². The first-order valence-electron chi connectivity index (χ1n) is 15.8. The van der Waals surface area contributed by atoms with Crippen molar-refractivity contribution in [1.82, 2.24) is 0 Å². The van der Waals surface area contributed by atoms with Crippen LogP contribution < -0.4 is 0 Å². The van der Waals surface area contributed by atoms with Crippen LogP contribution in [0.5, 0.6) is 0 Å². The molecule has 0 nitrogen and oxygen atoms in total. The summed E-state index contributed by atoms with van der Waals surface area (Å²) in [5.74, 6) is 0. The van der Waals surface area contributed by atoms with E-state index in [4.69, 9.17) is 0 Å². The maximum atomic E-state index is 2.31. The molecule has 0 N–H and O–H groups in total. The average Bonchev–Trinajstić information content (AvgIpc) is 3.37. The third-order valence-corrected chi connectivity index (χ3v) is 8.77. The molecule has 0 saturated carbocycles. The lowest BCUT2D eigenvalue weighted by molar-refractivity contribution is 1.40. The molecule has 0 amide bonds. The Labute approximate surface area is 266 Å². The van der Waals surface area contributed by atoms with E-state index in [0.717, 1.165) is 6.42 Å². The zero-order valence-electron chi connectivity index (χ0n) is 25.9. The van der Waals surface area contributed by atoms with Crippen molar-refractivity contribution in [1.29, 1.82) is 0 Å². The molecule has 6 aromatic carbocycles. The highest BCUT2D eigenvalue weighted by molar-refractivity contribution is 6.27.